The maximum atomic E-state index is 5.49. The molecule has 2 unspecified atom stereocenters. The van der Waals surface area contributed by atoms with Crippen LogP contribution in [0.15, 0.2) is 12.2 Å². The van der Waals surface area contributed by atoms with Crippen molar-refractivity contribution in [1.29, 1.82) is 0 Å². The second-order valence-electron chi connectivity index (χ2n) is 4.83. The predicted octanol–water partition coefficient (Wildman–Crippen LogP) is 2.78. The van der Waals surface area contributed by atoms with Crippen LogP contribution in [0.5, 0.6) is 0 Å². The van der Waals surface area contributed by atoms with Gasteiger partial charge < -0.3 is 9.47 Å². The summed E-state index contributed by atoms with van der Waals surface area (Å²) in [7, 11) is 3.55. The van der Waals surface area contributed by atoms with Gasteiger partial charge in [0, 0.05) is 20.1 Å². The molecule has 0 saturated carbocycles. The van der Waals surface area contributed by atoms with Gasteiger partial charge in [0.15, 0.2) is 0 Å². The molecule has 0 aromatic rings. The first kappa shape index (κ1) is 11.7. The molecule has 0 heterocycles. The van der Waals surface area contributed by atoms with Crippen LogP contribution in [-0.2, 0) is 9.47 Å². The van der Waals surface area contributed by atoms with E-state index in [1.54, 1.807) is 14.2 Å². The highest BCUT2D eigenvalue weighted by Crippen LogP contribution is 2.35. The molecule has 0 bridgehead atoms. The summed E-state index contributed by atoms with van der Waals surface area (Å²) >= 11 is 0. The molecule has 1 aliphatic rings. The van der Waals surface area contributed by atoms with Gasteiger partial charge in [-0.1, -0.05) is 12.2 Å². The van der Waals surface area contributed by atoms with Crippen LogP contribution >= 0.6 is 0 Å². The van der Waals surface area contributed by atoms with Crippen LogP contribution in [0, 0.1) is 5.92 Å². The zero-order valence-electron chi connectivity index (χ0n) is 9.96. The highest BCUT2D eigenvalue weighted by molar-refractivity contribution is 5.10. The topological polar surface area (TPSA) is 18.5 Å². The van der Waals surface area contributed by atoms with Crippen molar-refractivity contribution in [2.45, 2.75) is 44.8 Å². The highest BCUT2D eigenvalue weighted by atomic mass is 16.5. The Hall–Kier alpha value is -0.340. The molecule has 14 heavy (non-hydrogen) atoms. The minimum atomic E-state index is -0.0691. The van der Waals surface area contributed by atoms with E-state index in [9.17, 15) is 0 Å². The van der Waals surface area contributed by atoms with Crippen molar-refractivity contribution in [3.63, 3.8) is 0 Å². The molecule has 1 rings (SSSR count). The Morgan fingerprint density at radius 1 is 1.36 bits per heavy atom. The van der Waals surface area contributed by atoms with Crippen LogP contribution in [0.3, 0.4) is 0 Å². The second-order valence-corrected chi connectivity index (χ2v) is 4.83. The average Bonchev–Trinajstić information content (AvgIpc) is 2.19. The fraction of sp³-hybridized carbons (Fsp3) is 0.833. The average molecular weight is 198 g/mol. The molecule has 82 valence electrons. The normalized spacial score (nSPS) is 33.4. The predicted molar refractivity (Wildman–Crippen MR) is 58.4 cm³/mol. The van der Waals surface area contributed by atoms with Crippen molar-refractivity contribution in [2.24, 2.45) is 5.92 Å². The maximum absolute atomic E-state index is 5.49. The molecule has 0 amide bonds. The zero-order valence-corrected chi connectivity index (χ0v) is 9.96. The summed E-state index contributed by atoms with van der Waals surface area (Å²) in [6.45, 7) is 6.40. The number of hydrogen-bond acceptors (Lipinski definition) is 2. The standard InChI is InChI=1S/C12H22O2/c1-11(2,13-4)10-6-8-12(3,14-5)9-7-10/h6,8,10H,7,9H2,1-5H3. The Labute approximate surface area is 87.3 Å². The van der Waals surface area contributed by atoms with Gasteiger partial charge in [0.2, 0.25) is 0 Å². The Morgan fingerprint density at radius 2 is 2.00 bits per heavy atom. The third-order valence-electron chi connectivity index (χ3n) is 3.52. The Bertz CT molecular complexity index is 220. The zero-order chi connectivity index (χ0) is 10.8. The molecule has 0 fully saturated rings. The first-order valence-corrected chi connectivity index (χ1v) is 5.23. The SMILES string of the molecule is COC1(C)C=CC(C(C)(C)OC)CC1. The molecule has 2 nitrogen and oxygen atoms in total. The van der Waals surface area contributed by atoms with E-state index in [4.69, 9.17) is 9.47 Å². The van der Waals surface area contributed by atoms with Crippen LogP contribution in [0.25, 0.3) is 0 Å². The maximum Gasteiger partial charge on any atom is 0.0831 e. The van der Waals surface area contributed by atoms with Crippen LogP contribution in [0.4, 0.5) is 0 Å². The molecular formula is C12H22O2. The van der Waals surface area contributed by atoms with Crippen molar-refractivity contribution >= 4 is 0 Å². The van der Waals surface area contributed by atoms with Crippen molar-refractivity contribution in [1.82, 2.24) is 0 Å². The lowest BCUT2D eigenvalue weighted by molar-refractivity contribution is -0.0331. The van der Waals surface area contributed by atoms with Crippen molar-refractivity contribution in [2.75, 3.05) is 14.2 Å². The minimum Gasteiger partial charge on any atom is -0.378 e. The van der Waals surface area contributed by atoms with Crippen LogP contribution in [-0.4, -0.2) is 25.4 Å². The van der Waals surface area contributed by atoms with E-state index in [0.29, 0.717) is 5.92 Å². The molecule has 2 heteroatoms. The Kier molecular flexibility index (Phi) is 3.38. The number of rotatable bonds is 3. The van der Waals surface area contributed by atoms with Gasteiger partial charge in [-0.25, -0.2) is 0 Å². The molecule has 0 N–H and O–H groups in total. The molecule has 2 atom stereocenters. The van der Waals surface area contributed by atoms with E-state index in [2.05, 4.69) is 32.9 Å². The fourth-order valence-electron chi connectivity index (χ4n) is 1.84. The minimum absolute atomic E-state index is 0.0639. The van der Waals surface area contributed by atoms with Crippen molar-refractivity contribution < 1.29 is 9.47 Å². The van der Waals surface area contributed by atoms with Crippen LogP contribution < -0.4 is 0 Å². The molecular weight excluding hydrogens is 176 g/mol. The summed E-state index contributed by atoms with van der Waals surface area (Å²) in [6, 6.07) is 0. The smallest absolute Gasteiger partial charge is 0.0831 e. The summed E-state index contributed by atoms with van der Waals surface area (Å²) in [5, 5.41) is 0. The van der Waals surface area contributed by atoms with E-state index < -0.39 is 0 Å². The van der Waals surface area contributed by atoms with Gasteiger partial charge in [-0.15, -0.1) is 0 Å². The van der Waals surface area contributed by atoms with Gasteiger partial charge in [-0.05, 0) is 33.6 Å². The monoisotopic (exact) mass is 198 g/mol. The largest absolute Gasteiger partial charge is 0.378 e. The molecule has 1 aliphatic carbocycles. The van der Waals surface area contributed by atoms with Gasteiger partial charge in [-0.2, -0.15) is 0 Å². The second kappa shape index (κ2) is 4.03. The molecule has 0 saturated heterocycles. The van der Waals surface area contributed by atoms with Gasteiger partial charge in [0.1, 0.15) is 0 Å². The number of methoxy groups -OCH3 is 2. The first-order chi connectivity index (χ1) is 6.43. The third kappa shape index (κ3) is 2.37. The van der Waals surface area contributed by atoms with Crippen molar-refractivity contribution in [3.05, 3.63) is 12.2 Å². The Morgan fingerprint density at radius 3 is 2.36 bits per heavy atom. The summed E-state index contributed by atoms with van der Waals surface area (Å²) in [5.41, 5.74) is -0.133. The third-order valence-corrected chi connectivity index (χ3v) is 3.52. The van der Waals surface area contributed by atoms with Gasteiger partial charge >= 0.3 is 0 Å². The Balaban J connectivity index is 2.69. The molecule has 0 aliphatic heterocycles. The van der Waals surface area contributed by atoms with E-state index in [1.807, 2.05) is 0 Å². The summed E-state index contributed by atoms with van der Waals surface area (Å²) in [5.74, 6) is 0.496. The molecule has 0 radical (unpaired) electrons. The van der Waals surface area contributed by atoms with E-state index in [1.165, 1.54) is 0 Å². The summed E-state index contributed by atoms with van der Waals surface area (Å²) in [4.78, 5) is 0. The van der Waals surface area contributed by atoms with Gasteiger partial charge in [0.25, 0.3) is 0 Å². The lowest BCUT2D eigenvalue weighted by atomic mass is 9.78. The van der Waals surface area contributed by atoms with E-state index in [0.717, 1.165) is 12.8 Å². The van der Waals surface area contributed by atoms with E-state index in [-0.39, 0.29) is 11.2 Å². The van der Waals surface area contributed by atoms with Gasteiger partial charge in [-0.3, -0.25) is 0 Å². The lowest BCUT2D eigenvalue weighted by Gasteiger charge is -2.37. The quantitative estimate of drug-likeness (QED) is 0.649. The lowest BCUT2D eigenvalue weighted by Crippen LogP contribution is -2.37. The van der Waals surface area contributed by atoms with Crippen LogP contribution in [0.1, 0.15) is 33.6 Å². The van der Waals surface area contributed by atoms with Crippen LogP contribution in [0.2, 0.25) is 0 Å². The fourth-order valence-corrected chi connectivity index (χ4v) is 1.84. The van der Waals surface area contributed by atoms with E-state index >= 15 is 0 Å². The number of hydrogen-bond donors (Lipinski definition) is 0. The van der Waals surface area contributed by atoms with Gasteiger partial charge in [0.05, 0.1) is 11.2 Å². The van der Waals surface area contributed by atoms with Crippen molar-refractivity contribution in [3.8, 4) is 0 Å². The number of ether oxygens (including phenoxy) is 2. The first-order valence-electron chi connectivity index (χ1n) is 5.23. The molecule has 0 spiro atoms. The molecule has 0 aromatic heterocycles. The molecule has 0 aromatic carbocycles. The summed E-state index contributed by atoms with van der Waals surface area (Å²) in [6.07, 6.45) is 6.59. The highest BCUT2D eigenvalue weighted by Gasteiger charge is 2.33. The summed E-state index contributed by atoms with van der Waals surface area (Å²) < 4.78 is 10.9.